The average Bonchev–Trinajstić information content (AvgIpc) is 2.88. The second-order valence-corrected chi connectivity index (χ2v) is 6.25. The summed E-state index contributed by atoms with van der Waals surface area (Å²) in [5, 5.41) is 0. The number of aryl methyl sites for hydroxylation is 1. The molecule has 0 radical (unpaired) electrons. The van der Waals surface area contributed by atoms with E-state index in [9.17, 15) is 0 Å². The molecule has 114 valence electrons. The Balaban J connectivity index is 1.60. The molecular weight excluding hydrogens is 264 g/mol. The highest BCUT2D eigenvalue weighted by Crippen LogP contribution is 2.21. The maximum Gasteiger partial charge on any atom is 0.165 e. The first-order valence-corrected chi connectivity index (χ1v) is 7.80. The van der Waals surface area contributed by atoms with Gasteiger partial charge in [-0.15, -0.1) is 0 Å². The van der Waals surface area contributed by atoms with E-state index in [1.807, 2.05) is 6.33 Å². The fraction of sp³-hybridized carbons (Fsp3) is 0.667. The lowest BCUT2D eigenvalue weighted by Gasteiger charge is -2.36. The molecule has 2 atom stereocenters. The van der Waals surface area contributed by atoms with Crippen molar-refractivity contribution in [3.63, 3.8) is 0 Å². The number of anilines is 1. The van der Waals surface area contributed by atoms with Crippen LogP contribution >= 0.6 is 0 Å². The summed E-state index contributed by atoms with van der Waals surface area (Å²) in [5.41, 5.74) is 7.36. The second-order valence-electron chi connectivity index (χ2n) is 6.25. The number of rotatable bonds is 4. The molecule has 3 heterocycles. The summed E-state index contributed by atoms with van der Waals surface area (Å²) in [4.78, 5) is 15.2. The number of nitrogens with two attached hydrogens (primary N) is 1. The predicted molar refractivity (Wildman–Crippen MR) is 83.8 cm³/mol. The minimum absolute atomic E-state index is 0.456. The topological polar surface area (TPSA) is 72.9 Å². The zero-order valence-corrected chi connectivity index (χ0v) is 12.9. The van der Waals surface area contributed by atoms with Crippen molar-refractivity contribution in [1.29, 1.82) is 0 Å². The highest BCUT2D eigenvalue weighted by molar-refractivity contribution is 5.80. The molecule has 2 unspecified atom stereocenters. The van der Waals surface area contributed by atoms with Crippen LogP contribution < -0.4 is 5.73 Å². The highest BCUT2D eigenvalue weighted by Gasteiger charge is 2.22. The molecule has 2 aromatic rings. The van der Waals surface area contributed by atoms with Gasteiger partial charge < -0.3 is 15.2 Å². The van der Waals surface area contributed by atoms with Crippen LogP contribution in [0.1, 0.15) is 33.1 Å². The zero-order chi connectivity index (χ0) is 14.8. The Morgan fingerprint density at radius 3 is 2.90 bits per heavy atom. The van der Waals surface area contributed by atoms with E-state index in [2.05, 4.69) is 38.3 Å². The van der Waals surface area contributed by atoms with E-state index in [1.165, 1.54) is 25.7 Å². The van der Waals surface area contributed by atoms with Gasteiger partial charge in [-0.25, -0.2) is 15.0 Å². The van der Waals surface area contributed by atoms with Crippen molar-refractivity contribution in [2.45, 2.75) is 45.7 Å². The maximum atomic E-state index is 5.81. The molecule has 0 aliphatic carbocycles. The Hall–Kier alpha value is -1.69. The Morgan fingerprint density at radius 1 is 1.19 bits per heavy atom. The van der Waals surface area contributed by atoms with E-state index in [0.717, 1.165) is 31.1 Å². The van der Waals surface area contributed by atoms with Crippen LogP contribution in [0.25, 0.3) is 11.2 Å². The van der Waals surface area contributed by atoms with E-state index >= 15 is 0 Å². The molecule has 0 aromatic carbocycles. The summed E-state index contributed by atoms with van der Waals surface area (Å²) >= 11 is 0. The van der Waals surface area contributed by atoms with E-state index < -0.39 is 0 Å². The van der Waals surface area contributed by atoms with Crippen LogP contribution in [0.2, 0.25) is 0 Å². The number of likely N-dealkylation sites (tertiary alicyclic amines) is 1. The number of nitrogen functional groups attached to an aromatic ring is 1. The summed E-state index contributed by atoms with van der Waals surface area (Å²) < 4.78 is 2.07. The molecule has 2 N–H and O–H groups in total. The second kappa shape index (κ2) is 5.97. The van der Waals surface area contributed by atoms with Gasteiger partial charge in [-0.2, -0.15) is 0 Å². The van der Waals surface area contributed by atoms with Crippen molar-refractivity contribution in [3.05, 3.63) is 12.7 Å². The zero-order valence-electron chi connectivity index (χ0n) is 12.9. The quantitative estimate of drug-likeness (QED) is 0.930. The summed E-state index contributed by atoms with van der Waals surface area (Å²) in [5.74, 6) is 1.28. The molecule has 6 heteroatoms. The van der Waals surface area contributed by atoms with Crippen molar-refractivity contribution >= 4 is 17.0 Å². The standard InChI is InChI=1S/C15H24N6/c1-11-4-5-12(2)20(8-11)6-3-7-21-10-19-13-14(16)17-9-18-15(13)21/h9-12H,3-8H2,1-2H3,(H2,16,17,18). The predicted octanol–water partition coefficient (Wildman–Crippen LogP) is 1.92. The monoisotopic (exact) mass is 288 g/mol. The van der Waals surface area contributed by atoms with E-state index in [1.54, 1.807) is 0 Å². The first-order valence-electron chi connectivity index (χ1n) is 7.80. The number of hydrogen-bond acceptors (Lipinski definition) is 5. The van der Waals surface area contributed by atoms with Crippen LogP contribution in [0.3, 0.4) is 0 Å². The number of nitrogens with zero attached hydrogens (tertiary/aromatic N) is 5. The molecular formula is C15H24N6. The van der Waals surface area contributed by atoms with Gasteiger partial charge in [-0.1, -0.05) is 6.92 Å². The van der Waals surface area contributed by atoms with E-state index in [4.69, 9.17) is 5.73 Å². The Kier molecular flexibility index (Phi) is 4.05. The lowest BCUT2D eigenvalue weighted by Crippen LogP contribution is -2.41. The van der Waals surface area contributed by atoms with Gasteiger partial charge in [0.1, 0.15) is 11.8 Å². The minimum atomic E-state index is 0.456. The molecule has 1 aliphatic rings. The molecule has 3 rings (SSSR count). The summed E-state index contributed by atoms with van der Waals surface area (Å²) in [6.07, 6.45) is 7.10. The summed E-state index contributed by atoms with van der Waals surface area (Å²) in [7, 11) is 0. The normalized spacial score (nSPS) is 23.7. The van der Waals surface area contributed by atoms with Crippen molar-refractivity contribution in [1.82, 2.24) is 24.4 Å². The van der Waals surface area contributed by atoms with Gasteiger partial charge >= 0.3 is 0 Å². The van der Waals surface area contributed by atoms with Crippen LogP contribution in [0.5, 0.6) is 0 Å². The largest absolute Gasteiger partial charge is 0.382 e. The molecule has 1 aliphatic heterocycles. The van der Waals surface area contributed by atoms with E-state index in [0.29, 0.717) is 17.4 Å². The first kappa shape index (κ1) is 14.3. The van der Waals surface area contributed by atoms with Crippen LogP contribution in [0, 0.1) is 5.92 Å². The molecule has 21 heavy (non-hydrogen) atoms. The molecule has 1 saturated heterocycles. The first-order chi connectivity index (χ1) is 10.1. The van der Waals surface area contributed by atoms with Crippen LogP contribution in [0.15, 0.2) is 12.7 Å². The Morgan fingerprint density at radius 2 is 2.05 bits per heavy atom. The van der Waals surface area contributed by atoms with Gasteiger partial charge in [0.2, 0.25) is 0 Å². The highest BCUT2D eigenvalue weighted by atomic mass is 15.2. The lowest BCUT2D eigenvalue weighted by molar-refractivity contribution is 0.122. The lowest BCUT2D eigenvalue weighted by atomic mass is 9.95. The van der Waals surface area contributed by atoms with Gasteiger partial charge in [-0.3, -0.25) is 0 Å². The fourth-order valence-corrected chi connectivity index (χ4v) is 3.20. The van der Waals surface area contributed by atoms with Gasteiger partial charge in [0, 0.05) is 25.7 Å². The van der Waals surface area contributed by atoms with Gasteiger partial charge in [-0.05, 0) is 32.1 Å². The maximum absolute atomic E-state index is 5.81. The molecule has 0 amide bonds. The third kappa shape index (κ3) is 3.00. The molecule has 0 bridgehead atoms. The van der Waals surface area contributed by atoms with Crippen molar-refractivity contribution in [2.75, 3.05) is 18.8 Å². The number of piperidine rings is 1. The molecule has 6 nitrogen and oxygen atoms in total. The van der Waals surface area contributed by atoms with Crippen LogP contribution in [-0.2, 0) is 6.54 Å². The third-order valence-electron chi connectivity index (χ3n) is 4.52. The van der Waals surface area contributed by atoms with Gasteiger partial charge in [0.15, 0.2) is 11.5 Å². The van der Waals surface area contributed by atoms with Crippen molar-refractivity contribution in [2.24, 2.45) is 5.92 Å². The molecule has 2 aromatic heterocycles. The third-order valence-corrected chi connectivity index (χ3v) is 4.52. The molecule has 0 spiro atoms. The Bertz CT molecular complexity index is 607. The SMILES string of the molecule is CC1CCC(C)N(CCCn2cnc3c(N)ncnc32)C1. The number of hydrogen-bond donors (Lipinski definition) is 1. The number of imidazole rings is 1. The molecule has 1 fully saturated rings. The van der Waals surface area contributed by atoms with Crippen molar-refractivity contribution < 1.29 is 0 Å². The van der Waals surface area contributed by atoms with Gasteiger partial charge in [0.25, 0.3) is 0 Å². The van der Waals surface area contributed by atoms with E-state index in [-0.39, 0.29) is 0 Å². The number of fused-ring (bicyclic) bond motifs is 1. The van der Waals surface area contributed by atoms with Gasteiger partial charge in [0.05, 0.1) is 6.33 Å². The Labute approximate surface area is 125 Å². The number of aromatic nitrogens is 4. The van der Waals surface area contributed by atoms with Crippen molar-refractivity contribution in [3.8, 4) is 0 Å². The average molecular weight is 288 g/mol. The fourth-order valence-electron chi connectivity index (χ4n) is 3.20. The summed E-state index contributed by atoms with van der Waals surface area (Å²) in [6.45, 7) is 7.96. The van der Waals surface area contributed by atoms with Crippen LogP contribution in [0.4, 0.5) is 5.82 Å². The molecule has 0 saturated carbocycles. The smallest absolute Gasteiger partial charge is 0.165 e. The minimum Gasteiger partial charge on any atom is -0.382 e. The summed E-state index contributed by atoms with van der Waals surface area (Å²) in [6, 6.07) is 0.707. The van der Waals surface area contributed by atoms with Crippen LogP contribution in [-0.4, -0.2) is 43.6 Å².